The predicted molar refractivity (Wildman–Crippen MR) is 76.8 cm³/mol. The summed E-state index contributed by atoms with van der Waals surface area (Å²) >= 11 is 0. The van der Waals surface area contributed by atoms with Gasteiger partial charge in [0.05, 0.1) is 0 Å². The molecule has 0 fully saturated rings. The number of allylic oxidation sites excluding steroid dienone is 1. The summed E-state index contributed by atoms with van der Waals surface area (Å²) in [6, 6.07) is 3.31. The first-order chi connectivity index (χ1) is 10.6. The SMILES string of the molecule is O=C=NC1=Cc2cc3c(cc2=C(N=C=O)C1=O)C=CC(=O)C=3. The number of fused-ring (bicyclic) bond motifs is 2. The van der Waals surface area contributed by atoms with Gasteiger partial charge in [-0.05, 0) is 46.7 Å². The lowest BCUT2D eigenvalue weighted by Crippen LogP contribution is -2.26. The summed E-state index contributed by atoms with van der Waals surface area (Å²) in [7, 11) is 0. The molecular formula is C16H6N2O4. The summed E-state index contributed by atoms with van der Waals surface area (Å²) in [5, 5.41) is 1.09. The Bertz CT molecular complexity index is 1010. The first-order valence-electron chi connectivity index (χ1n) is 6.18. The molecule has 2 aliphatic carbocycles. The molecule has 1 aromatic rings. The van der Waals surface area contributed by atoms with Crippen molar-refractivity contribution in [2.75, 3.05) is 0 Å². The van der Waals surface area contributed by atoms with E-state index in [9.17, 15) is 19.2 Å². The van der Waals surface area contributed by atoms with Crippen LogP contribution < -0.4 is 10.4 Å². The number of benzene rings is 1. The maximum absolute atomic E-state index is 12.2. The van der Waals surface area contributed by atoms with Crippen LogP contribution in [0, 0.1) is 0 Å². The van der Waals surface area contributed by atoms with Gasteiger partial charge in [0, 0.05) is 5.22 Å². The molecule has 104 valence electrons. The lowest BCUT2D eigenvalue weighted by Gasteiger charge is -2.11. The highest BCUT2D eigenvalue weighted by atomic mass is 16.1. The van der Waals surface area contributed by atoms with E-state index >= 15 is 0 Å². The molecule has 0 saturated carbocycles. The predicted octanol–water partition coefficient (Wildman–Crippen LogP) is -0.234. The summed E-state index contributed by atoms with van der Waals surface area (Å²) in [6.07, 6.45) is 8.48. The van der Waals surface area contributed by atoms with Crippen LogP contribution in [0.3, 0.4) is 0 Å². The van der Waals surface area contributed by atoms with Crippen molar-refractivity contribution in [2.45, 2.75) is 0 Å². The van der Waals surface area contributed by atoms with E-state index in [0.717, 1.165) is 5.56 Å². The van der Waals surface area contributed by atoms with Crippen molar-refractivity contribution in [3.8, 4) is 0 Å². The zero-order valence-electron chi connectivity index (χ0n) is 11.0. The van der Waals surface area contributed by atoms with E-state index in [0.29, 0.717) is 16.0 Å². The standard InChI is InChI=1S/C16H6N2O4/c19-7-17-14-6-11-3-10-4-12(21)2-1-9(10)5-13(11)15(16(14)22)18-8-20/h1-6H. The molecule has 0 atom stereocenters. The molecule has 3 rings (SSSR count). The zero-order chi connectivity index (χ0) is 15.7. The third-order valence-electron chi connectivity index (χ3n) is 3.30. The number of isocyanates is 2. The van der Waals surface area contributed by atoms with Gasteiger partial charge in [0.25, 0.3) is 0 Å². The fourth-order valence-corrected chi connectivity index (χ4v) is 2.36. The summed E-state index contributed by atoms with van der Waals surface area (Å²) in [6.45, 7) is 0. The van der Waals surface area contributed by atoms with Crippen molar-refractivity contribution in [3.63, 3.8) is 0 Å². The molecule has 1 aromatic carbocycles. The molecule has 6 heteroatoms. The molecule has 0 radical (unpaired) electrons. The molecule has 2 aliphatic rings. The lowest BCUT2D eigenvalue weighted by molar-refractivity contribution is -0.111. The normalized spacial score (nSPS) is 14.9. The molecule has 0 amide bonds. The fraction of sp³-hybridized carbons (Fsp3) is 0. The Morgan fingerprint density at radius 2 is 1.64 bits per heavy atom. The second kappa shape index (κ2) is 5.14. The summed E-state index contributed by atoms with van der Waals surface area (Å²) in [5.74, 6) is -0.802. The van der Waals surface area contributed by atoms with Crippen molar-refractivity contribution in [1.29, 1.82) is 0 Å². The van der Waals surface area contributed by atoms with Crippen molar-refractivity contribution in [1.82, 2.24) is 0 Å². The Kier molecular flexibility index (Phi) is 3.16. The minimum atomic E-state index is -0.654. The second-order valence-corrected chi connectivity index (χ2v) is 4.56. The summed E-state index contributed by atoms with van der Waals surface area (Å²) in [4.78, 5) is 51.3. The summed E-state index contributed by atoms with van der Waals surface area (Å²) in [5.41, 5.74) is 0.935. The van der Waals surface area contributed by atoms with E-state index in [4.69, 9.17) is 0 Å². The van der Waals surface area contributed by atoms with E-state index in [-0.39, 0.29) is 17.2 Å². The quantitative estimate of drug-likeness (QED) is 0.555. The molecule has 0 N–H and O–H groups in total. The molecule has 0 aromatic heterocycles. The van der Waals surface area contributed by atoms with Gasteiger partial charge in [-0.25, -0.2) is 9.59 Å². The van der Waals surface area contributed by atoms with Crippen LogP contribution in [-0.2, 0) is 19.2 Å². The Labute approximate surface area is 123 Å². The maximum Gasteiger partial charge on any atom is 0.240 e. The number of rotatable bonds is 2. The van der Waals surface area contributed by atoms with Crippen molar-refractivity contribution in [2.24, 2.45) is 9.98 Å². The van der Waals surface area contributed by atoms with E-state index in [1.54, 1.807) is 18.2 Å². The second-order valence-electron chi connectivity index (χ2n) is 4.56. The third kappa shape index (κ3) is 2.11. The van der Waals surface area contributed by atoms with Crippen LogP contribution in [0.4, 0.5) is 0 Å². The molecule has 0 saturated heterocycles. The Hall–Kier alpha value is -3.46. The van der Waals surface area contributed by atoms with Crippen LogP contribution in [0.1, 0.15) is 11.1 Å². The average Bonchev–Trinajstić information content (AvgIpc) is 2.50. The molecule has 0 unspecified atom stereocenters. The van der Waals surface area contributed by atoms with Crippen LogP contribution in [0.2, 0.25) is 0 Å². The van der Waals surface area contributed by atoms with Crippen LogP contribution in [0.15, 0.2) is 33.9 Å². The molecule has 0 heterocycles. The Morgan fingerprint density at radius 3 is 2.36 bits per heavy atom. The van der Waals surface area contributed by atoms with E-state index < -0.39 is 5.78 Å². The van der Waals surface area contributed by atoms with Crippen LogP contribution >= 0.6 is 0 Å². The van der Waals surface area contributed by atoms with Gasteiger partial charge >= 0.3 is 0 Å². The monoisotopic (exact) mass is 290 g/mol. The number of carbonyl (C=O) groups is 2. The maximum atomic E-state index is 12.2. The largest absolute Gasteiger partial charge is 0.290 e. The lowest BCUT2D eigenvalue weighted by atomic mass is 9.95. The van der Waals surface area contributed by atoms with Gasteiger partial charge < -0.3 is 0 Å². The van der Waals surface area contributed by atoms with Gasteiger partial charge in [-0.3, -0.25) is 9.59 Å². The van der Waals surface area contributed by atoms with Crippen LogP contribution in [-0.4, -0.2) is 23.7 Å². The van der Waals surface area contributed by atoms with Crippen LogP contribution in [0.25, 0.3) is 23.9 Å². The highest BCUT2D eigenvalue weighted by Gasteiger charge is 2.22. The van der Waals surface area contributed by atoms with Crippen molar-refractivity contribution in [3.05, 3.63) is 45.5 Å². The van der Waals surface area contributed by atoms with Gasteiger partial charge in [0.15, 0.2) is 5.78 Å². The highest BCUT2D eigenvalue weighted by Crippen LogP contribution is 2.17. The minimum Gasteiger partial charge on any atom is -0.290 e. The molecule has 0 spiro atoms. The van der Waals surface area contributed by atoms with E-state index in [1.807, 2.05) is 0 Å². The number of aliphatic imine (C=N–C) groups is 2. The Morgan fingerprint density at radius 1 is 0.864 bits per heavy atom. The topological polar surface area (TPSA) is 93.0 Å². The number of carbonyl (C=O) groups excluding carboxylic acids is 4. The Balaban J connectivity index is 2.43. The zero-order valence-corrected chi connectivity index (χ0v) is 11.0. The average molecular weight is 290 g/mol. The van der Waals surface area contributed by atoms with Crippen molar-refractivity contribution >= 4 is 47.7 Å². The fourth-order valence-electron chi connectivity index (χ4n) is 2.36. The first-order valence-corrected chi connectivity index (χ1v) is 6.18. The van der Waals surface area contributed by atoms with Gasteiger partial charge in [-0.2, -0.15) is 9.98 Å². The number of Topliss-reactive ketones (excluding diaryl/α,β-unsaturated/α-hetero) is 1. The van der Waals surface area contributed by atoms with E-state index in [1.165, 1.54) is 30.4 Å². The van der Waals surface area contributed by atoms with Gasteiger partial charge in [-0.1, -0.05) is 6.08 Å². The van der Waals surface area contributed by atoms with Crippen LogP contribution in [0.5, 0.6) is 0 Å². The van der Waals surface area contributed by atoms with E-state index in [2.05, 4.69) is 9.98 Å². The number of hydrogen-bond acceptors (Lipinski definition) is 6. The van der Waals surface area contributed by atoms with Gasteiger partial charge in [-0.15, -0.1) is 0 Å². The third-order valence-corrected chi connectivity index (χ3v) is 3.30. The number of hydrogen-bond donors (Lipinski definition) is 0. The highest BCUT2D eigenvalue weighted by molar-refractivity contribution is 6.27. The first kappa shape index (κ1) is 13.5. The number of nitrogens with zero attached hydrogens (tertiary/aromatic N) is 2. The summed E-state index contributed by atoms with van der Waals surface area (Å²) < 4.78 is 0. The molecular weight excluding hydrogens is 284 g/mol. The van der Waals surface area contributed by atoms with Gasteiger partial charge in [0.1, 0.15) is 11.4 Å². The number of ketones is 2. The molecule has 0 bridgehead atoms. The van der Waals surface area contributed by atoms with Gasteiger partial charge in [0.2, 0.25) is 17.9 Å². The van der Waals surface area contributed by atoms with Crippen molar-refractivity contribution < 1.29 is 19.2 Å². The molecule has 0 aliphatic heterocycles. The smallest absolute Gasteiger partial charge is 0.240 e. The molecule has 22 heavy (non-hydrogen) atoms. The minimum absolute atomic E-state index is 0.144. The molecule has 6 nitrogen and oxygen atoms in total.